The summed E-state index contributed by atoms with van der Waals surface area (Å²) in [4.78, 5) is 5.77. The van der Waals surface area contributed by atoms with Crippen LogP contribution in [0.2, 0.25) is 0 Å². The average molecular weight is 537 g/mol. The first-order chi connectivity index (χ1) is 20.6. The van der Waals surface area contributed by atoms with Gasteiger partial charge >= 0.3 is 0 Å². The van der Waals surface area contributed by atoms with Gasteiger partial charge in [-0.05, 0) is 95.3 Å². The van der Waals surface area contributed by atoms with Crippen molar-refractivity contribution in [1.29, 1.82) is 0 Å². The normalized spacial score (nSPS) is 16.6. The van der Waals surface area contributed by atoms with Gasteiger partial charge in [0.1, 0.15) is 0 Å². The van der Waals surface area contributed by atoms with E-state index >= 15 is 0 Å². The summed E-state index contributed by atoms with van der Waals surface area (Å²) in [5.41, 5.74) is 12.1. The van der Waals surface area contributed by atoms with Gasteiger partial charge in [0.25, 0.3) is 6.71 Å². The molecule has 40 heavy (non-hydrogen) atoms. The van der Waals surface area contributed by atoms with Crippen molar-refractivity contribution < 1.29 is 2.74 Å². The fraction of sp³-hybridized carbons (Fsp3) is 0.167. The molecule has 2 aliphatic heterocycles. The number of thiol groups is 1. The molecule has 8 rings (SSSR count). The number of hydrogen-bond acceptors (Lipinski definition) is 3. The van der Waals surface area contributed by atoms with Gasteiger partial charge in [0, 0.05) is 39.0 Å². The fourth-order valence-electron chi connectivity index (χ4n) is 7.24. The van der Waals surface area contributed by atoms with Crippen LogP contribution in [0, 0.1) is 0 Å². The van der Waals surface area contributed by atoms with Gasteiger partial charge in [-0.25, -0.2) is 0 Å². The zero-order chi connectivity index (χ0) is 28.4. The maximum Gasteiger partial charge on any atom is 0.252 e. The van der Waals surface area contributed by atoms with Crippen LogP contribution in [0.4, 0.5) is 34.1 Å². The largest absolute Gasteiger partial charge is 0.311 e. The Labute approximate surface area is 245 Å². The second-order valence-electron chi connectivity index (χ2n) is 11.2. The third-order valence-corrected chi connectivity index (χ3v) is 9.25. The zero-order valence-electron chi connectivity index (χ0n) is 24.3. The lowest BCUT2D eigenvalue weighted by atomic mass is 9.33. The predicted octanol–water partition coefficient (Wildman–Crippen LogP) is 8.11. The van der Waals surface area contributed by atoms with Crippen LogP contribution in [0.15, 0.2) is 120 Å². The van der Waals surface area contributed by atoms with E-state index in [9.17, 15) is 0 Å². The minimum Gasteiger partial charge on any atom is -0.311 e. The Morgan fingerprint density at radius 1 is 0.625 bits per heavy atom. The van der Waals surface area contributed by atoms with E-state index in [-0.39, 0.29) is 6.71 Å². The molecule has 0 spiro atoms. The van der Waals surface area contributed by atoms with Crippen LogP contribution >= 0.6 is 12.6 Å². The van der Waals surface area contributed by atoms with Gasteiger partial charge < -0.3 is 9.80 Å². The molecular weight excluding hydrogens is 503 g/mol. The van der Waals surface area contributed by atoms with E-state index < -0.39 is 0 Å². The second-order valence-corrected chi connectivity index (χ2v) is 11.7. The predicted molar refractivity (Wildman–Crippen MR) is 174 cm³/mol. The molecule has 2 heterocycles. The van der Waals surface area contributed by atoms with Crippen LogP contribution < -0.4 is 26.2 Å². The Kier molecular flexibility index (Phi) is 5.27. The SMILES string of the molecule is [2H]c1ccc(N2c3ccccc3B3c4cc(S)ccc4N(c4ccc([2H])cc4)c4cc(C5CCCCC5)cc2c43)cc1. The van der Waals surface area contributed by atoms with Crippen LogP contribution in [-0.2, 0) is 0 Å². The van der Waals surface area contributed by atoms with Gasteiger partial charge in [-0.3, -0.25) is 0 Å². The first-order valence-electron chi connectivity index (χ1n) is 15.4. The molecular formula is C36H31BN2S. The van der Waals surface area contributed by atoms with Gasteiger partial charge in [0.2, 0.25) is 0 Å². The Hall–Kier alpha value is -3.89. The molecule has 1 aliphatic carbocycles. The van der Waals surface area contributed by atoms with Crippen molar-refractivity contribution >= 4 is 69.9 Å². The molecule has 0 saturated heterocycles. The number of rotatable bonds is 3. The molecule has 5 aromatic carbocycles. The minimum absolute atomic E-state index is 0.0621. The maximum absolute atomic E-state index is 8.17. The van der Waals surface area contributed by atoms with E-state index in [1.807, 2.05) is 24.3 Å². The van der Waals surface area contributed by atoms with Gasteiger partial charge in [-0.2, -0.15) is 0 Å². The molecule has 0 unspecified atom stereocenters. The quantitative estimate of drug-likeness (QED) is 0.180. The van der Waals surface area contributed by atoms with Crippen molar-refractivity contribution in [1.82, 2.24) is 0 Å². The van der Waals surface area contributed by atoms with E-state index in [0.717, 1.165) is 22.0 Å². The zero-order valence-corrected chi connectivity index (χ0v) is 23.2. The lowest BCUT2D eigenvalue weighted by Gasteiger charge is -2.45. The number of hydrogen-bond donors (Lipinski definition) is 1. The van der Waals surface area contributed by atoms with Crippen molar-refractivity contribution in [2.75, 3.05) is 9.80 Å². The summed E-state index contributed by atoms with van der Waals surface area (Å²) in [6, 6.07) is 37.1. The Morgan fingerprint density at radius 2 is 1.23 bits per heavy atom. The Morgan fingerprint density at radius 3 is 1.88 bits per heavy atom. The molecule has 1 fully saturated rings. The lowest BCUT2D eigenvalue weighted by Crippen LogP contribution is -2.61. The molecule has 0 bridgehead atoms. The molecule has 194 valence electrons. The molecule has 2 nitrogen and oxygen atoms in total. The van der Waals surface area contributed by atoms with Crippen LogP contribution in [0.1, 0.15) is 46.3 Å². The summed E-state index contributed by atoms with van der Waals surface area (Å²) in [5, 5.41) is 0. The maximum atomic E-state index is 8.17. The molecule has 0 N–H and O–H groups in total. The van der Waals surface area contributed by atoms with Crippen LogP contribution in [0.5, 0.6) is 0 Å². The van der Waals surface area contributed by atoms with Crippen molar-refractivity contribution in [2.45, 2.75) is 42.9 Å². The van der Waals surface area contributed by atoms with Crippen LogP contribution in [-0.4, -0.2) is 6.71 Å². The Bertz CT molecular complexity index is 1800. The third-order valence-electron chi connectivity index (χ3n) is 8.98. The molecule has 4 heteroatoms. The highest BCUT2D eigenvalue weighted by molar-refractivity contribution is 7.80. The monoisotopic (exact) mass is 536 g/mol. The molecule has 5 aromatic rings. The van der Waals surface area contributed by atoms with Crippen LogP contribution in [0.25, 0.3) is 0 Å². The van der Waals surface area contributed by atoms with Crippen molar-refractivity contribution in [3.8, 4) is 0 Å². The summed E-state index contributed by atoms with van der Waals surface area (Å²) >= 11 is 4.81. The molecule has 0 amide bonds. The fourth-order valence-corrected chi connectivity index (χ4v) is 7.46. The summed E-state index contributed by atoms with van der Waals surface area (Å²) < 4.78 is 16.3. The van der Waals surface area contributed by atoms with Crippen molar-refractivity contribution in [3.05, 3.63) is 121 Å². The van der Waals surface area contributed by atoms with E-state index in [2.05, 4.69) is 88.7 Å². The minimum atomic E-state index is 0.0621. The highest BCUT2D eigenvalue weighted by Crippen LogP contribution is 2.46. The number of benzene rings is 5. The Balaban J connectivity index is 1.47. The first kappa shape index (κ1) is 21.9. The number of nitrogens with zero attached hydrogens (tertiary/aromatic N) is 2. The molecule has 0 radical (unpaired) electrons. The lowest BCUT2D eigenvalue weighted by molar-refractivity contribution is 0.444. The summed E-state index contributed by atoms with van der Waals surface area (Å²) in [6.45, 7) is 0.0621. The summed E-state index contributed by atoms with van der Waals surface area (Å²) in [5.74, 6) is 0.534. The number of para-hydroxylation sites is 3. The van der Waals surface area contributed by atoms with Gasteiger partial charge in [0.15, 0.2) is 0 Å². The van der Waals surface area contributed by atoms with E-state index in [0.29, 0.717) is 18.0 Å². The highest BCUT2D eigenvalue weighted by Gasteiger charge is 2.43. The second kappa shape index (κ2) is 9.64. The van der Waals surface area contributed by atoms with Crippen molar-refractivity contribution in [3.63, 3.8) is 0 Å². The smallest absolute Gasteiger partial charge is 0.252 e. The topological polar surface area (TPSA) is 6.48 Å². The average Bonchev–Trinajstić information content (AvgIpc) is 3.02. The highest BCUT2D eigenvalue weighted by atomic mass is 32.1. The molecule has 0 atom stereocenters. The van der Waals surface area contributed by atoms with Crippen LogP contribution in [0.3, 0.4) is 0 Å². The third kappa shape index (κ3) is 3.73. The van der Waals surface area contributed by atoms with E-state index in [1.165, 1.54) is 71.1 Å². The standard InChI is InChI=1S/C36H31BN2S/c40-29-20-21-33-31(24-29)37-30-18-10-11-19-32(30)38(27-14-6-2-7-15-27)34-22-26(25-12-4-1-5-13-25)23-35(36(34)37)39(33)28-16-8-3-9-17-28/h2-3,6-11,14-25,40H,1,4-5,12-13H2/i2D,3D. The van der Waals surface area contributed by atoms with Crippen molar-refractivity contribution in [2.24, 2.45) is 0 Å². The van der Waals surface area contributed by atoms with E-state index in [4.69, 9.17) is 15.4 Å². The first-order valence-corrected chi connectivity index (χ1v) is 14.8. The molecule has 3 aliphatic rings. The molecule has 1 saturated carbocycles. The summed E-state index contributed by atoms with van der Waals surface area (Å²) in [7, 11) is 0. The van der Waals surface area contributed by atoms with Gasteiger partial charge in [-0.15, -0.1) is 12.6 Å². The molecule has 0 aromatic heterocycles. The van der Waals surface area contributed by atoms with Gasteiger partial charge in [-0.1, -0.05) is 79.9 Å². The number of anilines is 6. The van der Waals surface area contributed by atoms with E-state index in [1.54, 1.807) is 0 Å². The summed E-state index contributed by atoms with van der Waals surface area (Å²) in [6.07, 6.45) is 6.32. The van der Waals surface area contributed by atoms with Gasteiger partial charge in [0.05, 0.1) is 2.74 Å². The number of fused-ring (bicyclic) bond motifs is 4.